The molecule has 27 heavy (non-hydrogen) atoms. The number of carbonyl (C=O) groups is 2. The van der Waals surface area contributed by atoms with Crippen molar-refractivity contribution < 1.29 is 9.59 Å². The fourth-order valence-electron chi connectivity index (χ4n) is 3.07. The summed E-state index contributed by atoms with van der Waals surface area (Å²) in [5.41, 5.74) is 4.44. The standard InChI is InChI=1S/C21H19N3O2S/c1-14-4-6-15(7-5-14)18-13-27-21(22-18)23-20(26)16-8-10-17(11-9-16)24-12-2-3-19(24)25/h4-11,13H,2-3,12H2,1H3,(H,22,23,26). The Balaban J connectivity index is 1.44. The van der Waals surface area contributed by atoms with Gasteiger partial charge < -0.3 is 4.90 Å². The van der Waals surface area contributed by atoms with Crippen LogP contribution in [0.1, 0.15) is 28.8 Å². The van der Waals surface area contributed by atoms with Crippen molar-refractivity contribution in [3.05, 3.63) is 65.0 Å². The zero-order chi connectivity index (χ0) is 18.8. The Kier molecular flexibility index (Phi) is 4.73. The molecule has 6 heteroatoms. The van der Waals surface area contributed by atoms with Crippen molar-refractivity contribution in [1.82, 2.24) is 4.98 Å². The zero-order valence-electron chi connectivity index (χ0n) is 14.9. The van der Waals surface area contributed by atoms with Crippen LogP contribution in [0.3, 0.4) is 0 Å². The predicted octanol–water partition coefficient (Wildman–Crippen LogP) is 4.50. The van der Waals surface area contributed by atoms with E-state index in [-0.39, 0.29) is 11.8 Å². The lowest BCUT2D eigenvalue weighted by molar-refractivity contribution is -0.117. The van der Waals surface area contributed by atoms with Crippen LogP contribution >= 0.6 is 11.3 Å². The lowest BCUT2D eigenvalue weighted by atomic mass is 10.1. The second-order valence-corrected chi connectivity index (χ2v) is 7.41. The van der Waals surface area contributed by atoms with E-state index in [2.05, 4.69) is 10.3 Å². The van der Waals surface area contributed by atoms with Crippen molar-refractivity contribution in [3.63, 3.8) is 0 Å². The molecule has 0 unspecified atom stereocenters. The topological polar surface area (TPSA) is 62.3 Å². The summed E-state index contributed by atoms with van der Waals surface area (Å²) in [6.45, 7) is 2.78. The molecular formula is C21H19N3O2S. The maximum atomic E-state index is 12.5. The Hall–Kier alpha value is -2.99. The highest BCUT2D eigenvalue weighted by Gasteiger charge is 2.21. The minimum atomic E-state index is -0.209. The van der Waals surface area contributed by atoms with Crippen LogP contribution in [-0.2, 0) is 4.79 Å². The largest absolute Gasteiger partial charge is 0.312 e. The van der Waals surface area contributed by atoms with Crippen LogP contribution in [0.15, 0.2) is 53.9 Å². The Labute approximate surface area is 161 Å². The average molecular weight is 377 g/mol. The average Bonchev–Trinajstić information content (AvgIpc) is 3.31. The van der Waals surface area contributed by atoms with Gasteiger partial charge in [-0.2, -0.15) is 0 Å². The molecule has 5 nitrogen and oxygen atoms in total. The summed E-state index contributed by atoms with van der Waals surface area (Å²) in [6.07, 6.45) is 1.48. The van der Waals surface area contributed by atoms with Gasteiger partial charge in [-0.3, -0.25) is 14.9 Å². The number of aryl methyl sites for hydroxylation is 1. The lowest BCUT2D eigenvalue weighted by Gasteiger charge is -2.15. The number of benzene rings is 2. The number of amides is 2. The number of thiazole rings is 1. The van der Waals surface area contributed by atoms with E-state index < -0.39 is 0 Å². The van der Waals surface area contributed by atoms with Gasteiger partial charge in [0.15, 0.2) is 5.13 Å². The molecule has 2 heterocycles. The van der Waals surface area contributed by atoms with Crippen molar-refractivity contribution in [3.8, 4) is 11.3 Å². The molecule has 3 aromatic rings. The highest BCUT2D eigenvalue weighted by Crippen LogP contribution is 2.26. The number of nitrogens with one attached hydrogen (secondary N) is 1. The van der Waals surface area contributed by atoms with Gasteiger partial charge in [-0.25, -0.2) is 4.98 Å². The summed E-state index contributed by atoms with van der Waals surface area (Å²) >= 11 is 1.40. The summed E-state index contributed by atoms with van der Waals surface area (Å²) in [5, 5.41) is 5.34. The van der Waals surface area contributed by atoms with Crippen LogP contribution in [0.5, 0.6) is 0 Å². The molecule has 0 spiro atoms. The second kappa shape index (κ2) is 7.32. The van der Waals surface area contributed by atoms with Gasteiger partial charge >= 0.3 is 0 Å². The van der Waals surface area contributed by atoms with E-state index in [1.54, 1.807) is 17.0 Å². The molecule has 1 saturated heterocycles. The maximum Gasteiger partial charge on any atom is 0.257 e. The molecule has 1 aliphatic heterocycles. The second-order valence-electron chi connectivity index (χ2n) is 6.55. The SMILES string of the molecule is Cc1ccc(-c2csc(NC(=O)c3ccc(N4CCCC4=O)cc3)n2)cc1. The molecule has 1 aliphatic rings. The Bertz CT molecular complexity index is 977. The predicted molar refractivity (Wildman–Crippen MR) is 108 cm³/mol. The van der Waals surface area contributed by atoms with Crippen molar-refractivity contribution in [1.29, 1.82) is 0 Å². The highest BCUT2D eigenvalue weighted by molar-refractivity contribution is 7.14. The van der Waals surface area contributed by atoms with Crippen molar-refractivity contribution in [2.24, 2.45) is 0 Å². The first-order valence-electron chi connectivity index (χ1n) is 8.84. The fraction of sp³-hybridized carbons (Fsp3) is 0.190. The number of aromatic nitrogens is 1. The van der Waals surface area contributed by atoms with E-state index in [1.807, 2.05) is 48.7 Å². The van der Waals surface area contributed by atoms with Crippen molar-refractivity contribution >= 4 is 34.0 Å². The van der Waals surface area contributed by atoms with E-state index in [0.717, 1.165) is 29.9 Å². The van der Waals surface area contributed by atoms with E-state index in [1.165, 1.54) is 16.9 Å². The van der Waals surface area contributed by atoms with Gasteiger partial charge in [-0.05, 0) is 37.6 Å². The molecule has 0 atom stereocenters. The lowest BCUT2D eigenvalue weighted by Crippen LogP contribution is -2.23. The number of anilines is 2. The van der Waals surface area contributed by atoms with Gasteiger partial charge in [0.25, 0.3) is 5.91 Å². The molecule has 1 N–H and O–H groups in total. The van der Waals surface area contributed by atoms with Crippen LogP contribution in [0, 0.1) is 6.92 Å². The van der Waals surface area contributed by atoms with Gasteiger partial charge in [-0.1, -0.05) is 29.8 Å². The molecule has 136 valence electrons. The number of hydrogen-bond donors (Lipinski definition) is 1. The molecule has 2 amide bonds. The molecule has 0 aliphatic carbocycles. The van der Waals surface area contributed by atoms with Crippen LogP contribution in [0.2, 0.25) is 0 Å². The third-order valence-corrected chi connectivity index (χ3v) is 5.34. The van der Waals surface area contributed by atoms with E-state index in [0.29, 0.717) is 17.1 Å². The Morgan fingerprint density at radius 2 is 1.85 bits per heavy atom. The minimum absolute atomic E-state index is 0.138. The van der Waals surface area contributed by atoms with Crippen molar-refractivity contribution in [2.75, 3.05) is 16.8 Å². The first kappa shape index (κ1) is 17.4. The molecule has 0 saturated carbocycles. The quantitative estimate of drug-likeness (QED) is 0.728. The summed E-state index contributed by atoms with van der Waals surface area (Å²) in [5.74, 6) is -0.0715. The third kappa shape index (κ3) is 3.75. The summed E-state index contributed by atoms with van der Waals surface area (Å²) in [6, 6.07) is 15.2. The molecule has 4 rings (SSSR count). The molecular weight excluding hydrogens is 358 g/mol. The maximum absolute atomic E-state index is 12.5. The van der Waals surface area contributed by atoms with E-state index in [4.69, 9.17) is 0 Å². The minimum Gasteiger partial charge on any atom is -0.312 e. The first-order chi connectivity index (χ1) is 13.1. The Morgan fingerprint density at radius 1 is 1.11 bits per heavy atom. The molecule has 0 radical (unpaired) electrons. The van der Waals surface area contributed by atoms with E-state index in [9.17, 15) is 9.59 Å². The van der Waals surface area contributed by atoms with E-state index >= 15 is 0 Å². The number of carbonyl (C=O) groups excluding carboxylic acids is 2. The summed E-state index contributed by atoms with van der Waals surface area (Å²) < 4.78 is 0. The Morgan fingerprint density at radius 3 is 2.52 bits per heavy atom. The van der Waals surface area contributed by atoms with Gasteiger partial charge in [0, 0.05) is 35.2 Å². The molecule has 2 aromatic carbocycles. The summed E-state index contributed by atoms with van der Waals surface area (Å²) in [7, 11) is 0. The van der Waals surface area contributed by atoms with Gasteiger partial charge in [0.05, 0.1) is 5.69 Å². The normalized spacial score (nSPS) is 13.8. The smallest absolute Gasteiger partial charge is 0.257 e. The molecule has 0 bridgehead atoms. The summed E-state index contributed by atoms with van der Waals surface area (Å²) in [4.78, 5) is 30.5. The number of hydrogen-bond acceptors (Lipinski definition) is 4. The molecule has 1 fully saturated rings. The van der Waals surface area contributed by atoms with Gasteiger partial charge in [-0.15, -0.1) is 11.3 Å². The molecule has 1 aromatic heterocycles. The fourth-order valence-corrected chi connectivity index (χ4v) is 3.79. The first-order valence-corrected chi connectivity index (χ1v) is 9.72. The van der Waals surface area contributed by atoms with Crippen LogP contribution in [0.25, 0.3) is 11.3 Å². The monoisotopic (exact) mass is 377 g/mol. The van der Waals surface area contributed by atoms with Crippen LogP contribution < -0.4 is 10.2 Å². The van der Waals surface area contributed by atoms with Gasteiger partial charge in [0.1, 0.15) is 0 Å². The number of rotatable bonds is 4. The third-order valence-electron chi connectivity index (χ3n) is 4.59. The zero-order valence-corrected chi connectivity index (χ0v) is 15.8. The van der Waals surface area contributed by atoms with Crippen LogP contribution in [-0.4, -0.2) is 23.3 Å². The highest BCUT2D eigenvalue weighted by atomic mass is 32.1. The van der Waals surface area contributed by atoms with Gasteiger partial charge in [0.2, 0.25) is 5.91 Å². The number of nitrogens with zero attached hydrogens (tertiary/aromatic N) is 2. The van der Waals surface area contributed by atoms with Crippen LogP contribution in [0.4, 0.5) is 10.8 Å². The van der Waals surface area contributed by atoms with Crippen molar-refractivity contribution in [2.45, 2.75) is 19.8 Å².